The number of carbonyl (C=O) groups excluding carboxylic acids is 2. The molecule has 4 heteroatoms. The van der Waals surface area contributed by atoms with Crippen molar-refractivity contribution in [3.05, 3.63) is 0 Å². The molecule has 0 fully saturated rings. The third kappa shape index (κ3) is 20.8. The van der Waals surface area contributed by atoms with Gasteiger partial charge in [0.15, 0.2) is 0 Å². The monoisotopic (exact) mass is 496 g/mol. The fourth-order valence-corrected chi connectivity index (χ4v) is 4.62. The summed E-state index contributed by atoms with van der Waals surface area (Å²) in [6.45, 7) is 12.2. The number of hydrogen-bond acceptors (Lipinski definition) is 4. The maximum Gasteiger partial charge on any atom is 0.306 e. The van der Waals surface area contributed by atoms with Gasteiger partial charge in [0, 0.05) is 12.8 Å². The Labute approximate surface area is 218 Å². The van der Waals surface area contributed by atoms with Crippen molar-refractivity contribution < 1.29 is 19.1 Å². The molecule has 0 aliphatic carbocycles. The molecule has 3 unspecified atom stereocenters. The van der Waals surface area contributed by atoms with Gasteiger partial charge >= 0.3 is 11.9 Å². The zero-order valence-electron chi connectivity index (χ0n) is 24.2. The zero-order valence-corrected chi connectivity index (χ0v) is 24.2. The third-order valence-corrected chi connectivity index (χ3v) is 7.57. The predicted molar refractivity (Wildman–Crippen MR) is 148 cm³/mol. The van der Waals surface area contributed by atoms with E-state index in [0.717, 1.165) is 38.5 Å². The van der Waals surface area contributed by atoms with Crippen LogP contribution in [0, 0.1) is 17.8 Å². The van der Waals surface area contributed by atoms with E-state index in [2.05, 4.69) is 34.6 Å². The van der Waals surface area contributed by atoms with Crippen molar-refractivity contribution in [2.45, 2.75) is 157 Å². The van der Waals surface area contributed by atoms with Gasteiger partial charge in [0.1, 0.15) is 0 Å². The molecule has 0 saturated heterocycles. The van der Waals surface area contributed by atoms with E-state index >= 15 is 0 Å². The van der Waals surface area contributed by atoms with Gasteiger partial charge < -0.3 is 9.47 Å². The standard InChI is InChI=1S/C31H60O4/c1-6-11-20-28(9-4)25-34-30(32)23-19-17-15-13-14-16-18-22-27(8-3)24-31(33)35-26-29(10-5)21-12-7-2/h27-29H,6-26H2,1-5H3. The van der Waals surface area contributed by atoms with Gasteiger partial charge in [-0.15, -0.1) is 0 Å². The fourth-order valence-electron chi connectivity index (χ4n) is 4.62. The summed E-state index contributed by atoms with van der Waals surface area (Å²) in [6, 6.07) is 0. The Morgan fingerprint density at radius 2 is 0.943 bits per heavy atom. The first-order valence-corrected chi connectivity index (χ1v) is 15.3. The highest BCUT2D eigenvalue weighted by Crippen LogP contribution is 2.20. The van der Waals surface area contributed by atoms with Crippen LogP contribution in [0.1, 0.15) is 157 Å². The Balaban J connectivity index is 3.73. The highest BCUT2D eigenvalue weighted by molar-refractivity contribution is 5.69. The summed E-state index contributed by atoms with van der Waals surface area (Å²) in [7, 11) is 0. The molecule has 0 heterocycles. The molecule has 0 bridgehead atoms. The lowest BCUT2D eigenvalue weighted by atomic mass is 9.94. The number of unbranched alkanes of at least 4 members (excludes halogenated alkanes) is 8. The maximum absolute atomic E-state index is 12.3. The van der Waals surface area contributed by atoms with E-state index in [1.807, 2.05) is 0 Å². The number of carbonyl (C=O) groups is 2. The highest BCUT2D eigenvalue weighted by atomic mass is 16.5. The first-order chi connectivity index (χ1) is 17.0. The molecule has 0 radical (unpaired) electrons. The molecule has 35 heavy (non-hydrogen) atoms. The molecule has 0 rings (SSSR count). The van der Waals surface area contributed by atoms with E-state index in [1.165, 1.54) is 70.6 Å². The zero-order chi connectivity index (χ0) is 26.2. The largest absolute Gasteiger partial charge is 0.465 e. The minimum atomic E-state index is -0.0183. The maximum atomic E-state index is 12.3. The van der Waals surface area contributed by atoms with Crippen LogP contribution in [0.3, 0.4) is 0 Å². The summed E-state index contributed by atoms with van der Waals surface area (Å²) < 4.78 is 11.1. The van der Waals surface area contributed by atoms with E-state index in [0.29, 0.717) is 43.8 Å². The van der Waals surface area contributed by atoms with Crippen molar-refractivity contribution >= 4 is 11.9 Å². The van der Waals surface area contributed by atoms with Crippen molar-refractivity contribution in [1.82, 2.24) is 0 Å². The van der Waals surface area contributed by atoms with Crippen LogP contribution in [0.4, 0.5) is 0 Å². The summed E-state index contributed by atoms with van der Waals surface area (Å²) in [6.07, 6.45) is 20.9. The second-order valence-corrected chi connectivity index (χ2v) is 10.7. The van der Waals surface area contributed by atoms with Crippen LogP contribution >= 0.6 is 0 Å². The van der Waals surface area contributed by atoms with E-state index in [1.54, 1.807) is 0 Å². The second-order valence-electron chi connectivity index (χ2n) is 10.7. The molecule has 0 aliphatic rings. The van der Waals surface area contributed by atoms with Crippen LogP contribution in [0.25, 0.3) is 0 Å². The second kappa shape index (κ2) is 24.6. The van der Waals surface area contributed by atoms with Crippen molar-refractivity contribution in [1.29, 1.82) is 0 Å². The summed E-state index contributed by atoms with van der Waals surface area (Å²) in [5.74, 6) is 1.49. The number of rotatable bonds is 25. The summed E-state index contributed by atoms with van der Waals surface area (Å²) in [4.78, 5) is 24.2. The average molecular weight is 497 g/mol. The summed E-state index contributed by atoms with van der Waals surface area (Å²) in [5, 5.41) is 0. The van der Waals surface area contributed by atoms with Gasteiger partial charge in [0.25, 0.3) is 0 Å². The fraction of sp³-hybridized carbons (Fsp3) is 0.935. The van der Waals surface area contributed by atoms with E-state index < -0.39 is 0 Å². The van der Waals surface area contributed by atoms with Gasteiger partial charge in [0.05, 0.1) is 13.2 Å². The normalized spacial score (nSPS) is 13.9. The molecular weight excluding hydrogens is 436 g/mol. The first-order valence-electron chi connectivity index (χ1n) is 15.3. The quantitative estimate of drug-likeness (QED) is 0.0932. The molecular formula is C31H60O4. The molecule has 3 atom stereocenters. The molecule has 0 aliphatic heterocycles. The van der Waals surface area contributed by atoms with E-state index in [9.17, 15) is 9.59 Å². The predicted octanol–water partition coefficient (Wildman–Crippen LogP) is 9.43. The number of esters is 2. The van der Waals surface area contributed by atoms with Crippen LogP contribution < -0.4 is 0 Å². The molecule has 0 aromatic carbocycles. The van der Waals surface area contributed by atoms with Gasteiger partial charge in [-0.1, -0.05) is 118 Å². The minimum Gasteiger partial charge on any atom is -0.465 e. The average Bonchev–Trinajstić information content (AvgIpc) is 2.87. The molecule has 4 nitrogen and oxygen atoms in total. The molecule has 0 amide bonds. The van der Waals surface area contributed by atoms with Crippen molar-refractivity contribution in [2.24, 2.45) is 17.8 Å². The van der Waals surface area contributed by atoms with Crippen LogP contribution in [-0.2, 0) is 19.1 Å². The van der Waals surface area contributed by atoms with E-state index in [4.69, 9.17) is 9.47 Å². The number of ether oxygens (including phenoxy) is 2. The van der Waals surface area contributed by atoms with Gasteiger partial charge in [0.2, 0.25) is 0 Å². The smallest absolute Gasteiger partial charge is 0.306 e. The molecule has 0 saturated carbocycles. The van der Waals surface area contributed by atoms with E-state index in [-0.39, 0.29) is 11.9 Å². The Morgan fingerprint density at radius 3 is 1.43 bits per heavy atom. The molecule has 0 spiro atoms. The van der Waals surface area contributed by atoms with Crippen molar-refractivity contribution in [3.8, 4) is 0 Å². The summed E-state index contributed by atoms with van der Waals surface area (Å²) in [5.41, 5.74) is 0. The summed E-state index contributed by atoms with van der Waals surface area (Å²) >= 11 is 0. The van der Waals surface area contributed by atoms with Gasteiger partial charge in [-0.25, -0.2) is 0 Å². The Hall–Kier alpha value is -1.06. The molecule has 0 N–H and O–H groups in total. The van der Waals surface area contributed by atoms with Crippen LogP contribution in [0.5, 0.6) is 0 Å². The lowest BCUT2D eigenvalue weighted by Crippen LogP contribution is -2.16. The topological polar surface area (TPSA) is 52.6 Å². The van der Waals surface area contributed by atoms with Crippen molar-refractivity contribution in [2.75, 3.05) is 13.2 Å². The van der Waals surface area contributed by atoms with Crippen LogP contribution in [0.15, 0.2) is 0 Å². The van der Waals surface area contributed by atoms with Crippen LogP contribution in [-0.4, -0.2) is 25.2 Å². The van der Waals surface area contributed by atoms with Gasteiger partial charge in [-0.2, -0.15) is 0 Å². The first kappa shape index (κ1) is 33.9. The lowest BCUT2D eigenvalue weighted by molar-refractivity contribution is -0.146. The number of hydrogen-bond donors (Lipinski definition) is 0. The molecule has 0 aromatic heterocycles. The highest BCUT2D eigenvalue weighted by Gasteiger charge is 2.15. The Morgan fingerprint density at radius 1 is 0.514 bits per heavy atom. The van der Waals surface area contributed by atoms with Gasteiger partial charge in [-0.3, -0.25) is 9.59 Å². The Kier molecular flexibility index (Phi) is 23.9. The molecule has 0 aromatic rings. The van der Waals surface area contributed by atoms with Crippen LogP contribution in [0.2, 0.25) is 0 Å². The third-order valence-electron chi connectivity index (χ3n) is 7.57. The SMILES string of the molecule is CCCCC(CC)COC(=O)CCCCCCCCCC(CC)CC(=O)OCC(CC)CCCC. The van der Waals surface area contributed by atoms with Gasteiger partial charge in [-0.05, 0) is 43.4 Å². The lowest BCUT2D eigenvalue weighted by Gasteiger charge is -2.17. The Bertz CT molecular complexity index is 490. The molecule has 208 valence electrons. The minimum absolute atomic E-state index is 0.00324. The van der Waals surface area contributed by atoms with Crippen molar-refractivity contribution in [3.63, 3.8) is 0 Å².